The normalized spacial score (nSPS) is 20.8. The largest absolute Gasteiger partial charge is 0.385 e. The molecule has 3 N–H and O–H groups in total. The number of carbonyl (C=O) groups excluding carboxylic acids is 1. The number of methoxy groups -OCH3 is 1. The van der Waals surface area contributed by atoms with Crippen molar-refractivity contribution < 1.29 is 14.5 Å². The molecule has 1 saturated heterocycles. The van der Waals surface area contributed by atoms with Crippen molar-refractivity contribution in [1.82, 2.24) is 16.2 Å². The molecule has 1 aromatic carbocycles. The number of hydrogen-bond donors (Lipinski definition) is 3. The molecule has 2 unspecified atom stereocenters. The Hall–Kier alpha value is -2.03. The summed E-state index contributed by atoms with van der Waals surface area (Å²) in [5.74, 6) is -0.305. The summed E-state index contributed by atoms with van der Waals surface area (Å²) >= 11 is 0. The molecule has 1 aliphatic rings. The first-order valence-corrected chi connectivity index (χ1v) is 7.13. The number of hydrazine groups is 1. The molecular formula is C14H20N4O4. The Balaban J connectivity index is 1.97. The molecule has 1 heterocycles. The number of rotatable bonds is 7. The summed E-state index contributed by atoms with van der Waals surface area (Å²) in [7, 11) is 1.62. The standard InChI is InChI=1S/C14H20N4O4/c1-22-8-2-7-15-14(19)12-9-16-17-13(12)10-3-5-11(6-4-10)18(20)21/h3-6,12-13,16-17H,2,7-9H2,1H3,(H,15,19). The number of carbonyl (C=O) groups is 1. The Morgan fingerprint density at radius 3 is 2.82 bits per heavy atom. The average Bonchev–Trinajstić information content (AvgIpc) is 3.01. The van der Waals surface area contributed by atoms with Gasteiger partial charge in [-0.15, -0.1) is 0 Å². The van der Waals surface area contributed by atoms with Crippen molar-refractivity contribution in [2.24, 2.45) is 5.92 Å². The lowest BCUT2D eigenvalue weighted by Gasteiger charge is -2.18. The van der Waals surface area contributed by atoms with Crippen LogP contribution >= 0.6 is 0 Å². The molecule has 0 saturated carbocycles. The molecule has 0 bridgehead atoms. The number of nitro benzene ring substituents is 1. The molecule has 2 atom stereocenters. The van der Waals surface area contributed by atoms with Gasteiger partial charge in [-0.3, -0.25) is 20.3 Å². The third-order valence-corrected chi connectivity index (χ3v) is 3.61. The highest BCUT2D eigenvalue weighted by Gasteiger charge is 2.33. The monoisotopic (exact) mass is 308 g/mol. The smallest absolute Gasteiger partial charge is 0.269 e. The lowest BCUT2D eigenvalue weighted by atomic mass is 9.94. The van der Waals surface area contributed by atoms with E-state index < -0.39 is 4.92 Å². The third kappa shape index (κ3) is 4.00. The minimum absolute atomic E-state index is 0.0373. The summed E-state index contributed by atoms with van der Waals surface area (Å²) in [6.07, 6.45) is 0.762. The van der Waals surface area contributed by atoms with Crippen LogP contribution in [0.3, 0.4) is 0 Å². The summed E-state index contributed by atoms with van der Waals surface area (Å²) in [4.78, 5) is 22.5. The van der Waals surface area contributed by atoms with Gasteiger partial charge in [0.05, 0.1) is 16.9 Å². The number of amides is 1. The van der Waals surface area contributed by atoms with Crippen LogP contribution in [0.25, 0.3) is 0 Å². The topological polar surface area (TPSA) is 106 Å². The van der Waals surface area contributed by atoms with Crippen molar-refractivity contribution in [3.05, 3.63) is 39.9 Å². The van der Waals surface area contributed by atoms with Crippen molar-refractivity contribution in [3.8, 4) is 0 Å². The van der Waals surface area contributed by atoms with Gasteiger partial charge in [0.1, 0.15) is 0 Å². The second-order valence-corrected chi connectivity index (χ2v) is 5.10. The molecule has 120 valence electrons. The van der Waals surface area contributed by atoms with Gasteiger partial charge in [0, 0.05) is 38.9 Å². The molecular weight excluding hydrogens is 288 g/mol. The van der Waals surface area contributed by atoms with Gasteiger partial charge < -0.3 is 10.1 Å². The van der Waals surface area contributed by atoms with Crippen LogP contribution in [0, 0.1) is 16.0 Å². The third-order valence-electron chi connectivity index (χ3n) is 3.61. The molecule has 1 fully saturated rings. The fourth-order valence-corrected chi connectivity index (χ4v) is 2.42. The van der Waals surface area contributed by atoms with E-state index in [9.17, 15) is 14.9 Å². The Labute approximate surface area is 128 Å². The molecule has 8 nitrogen and oxygen atoms in total. The van der Waals surface area contributed by atoms with E-state index in [2.05, 4.69) is 16.2 Å². The van der Waals surface area contributed by atoms with E-state index in [0.717, 1.165) is 12.0 Å². The van der Waals surface area contributed by atoms with Gasteiger partial charge in [-0.25, -0.2) is 5.43 Å². The van der Waals surface area contributed by atoms with Gasteiger partial charge in [0.2, 0.25) is 5.91 Å². The molecule has 0 aromatic heterocycles. The summed E-state index contributed by atoms with van der Waals surface area (Å²) < 4.78 is 4.94. The molecule has 0 aliphatic carbocycles. The highest BCUT2D eigenvalue weighted by molar-refractivity contribution is 5.80. The van der Waals surface area contributed by atoms with Gasteiger partial charge in [-0.1, -0.05) is 12.1 Å². The van der Waals surface area contributed by atoms with Crippen molar-refractivity contribution in [3.63, 3.8) is 0 Å². The quantitative estimate of drug-likeness (QED) is 0.385. The van der Waals surface area contributed by atoms with Gasteiger partial charge >= 0.3 is 0 Å². The van der Waals surface area contributed by atoms with Crippen LogP contribution in [-0.4, -0.2) is 37.6 Å². The Kier molecular flexibility index (Phi) is 5.82. The average molecular weight is 308 g/mol. The maximum Gasteiger partial charge on any atom is 0.269 e. The Bertz CT molecular complexity index is 520. The molecule has 2 rings (SSSR count). The fourth-order valence-electron chi connectivity index (χ4n) is 2.42. The summed E-state index contributed by atoms with van der Waals surface area (Å²) in [5.41, 5.74) is 6.90. The van der Waals surface area contributed by atoms with Crippen LogP contribution in [0.2, 0.25) is 0 Å². The lowest BCUT2D eigenvalue weighted by molar-refractivity contribution is -0.384. The van der Waals surface area contributed by atoms with E-state index in [1.165, 1.54) is 12.1 Å². The molecule has 0 radical (unpaired) electrons. The maximum absolute atomic E-state index is 12.2. The van der Waals surface area contributed by atoms with E-state index in [0.29, 0.717) is 19.7 Å². The first kappa shape index (κ1) is 16.3. The van der Waals surface area contributed by atoms with E-state index in [1.54, 1.807) is 19.2 Å². The molecule has 8 heteroatoms. The number of nitrogens with zero attached hydrogens (tertiary/aromatic N) is 1. The number of benzene rings is 1. The summed E-state index contributed by atoms with van der Waals surface area (Å²) in [5, 5.41) is 13.6. The SMILES string of the molecule is COCCCNC(=O)C1CNNC1c1ccc([N+](=O)[O-])cc1. The second kappa shape index (κ2) is 7.83. The minimum atomic E-state index is -0.440. The maximum atomic E-state index is 12.2. The predicted molar refractivity (Wildman–Crippen MR) is 80.0 cm³/mol. The van der Waals surface area contributed by atoms with Gasteiger partial charge in [-0.2, -0.15) is 0 Å². The molecule has 1 amide bonds. The predicted octanol–water partition coefficient (Wildman–Crippen LogP) is 0.513. The van der Waals surface area contributed by atoms with Crippen LogP contribution in [0.1, 0.15) is 18.0 Å². The number of ether oxygens (including phenoxy) is 1. The minimum Gasteiger partial charge on any atom is -0.385 e. The number of non-ortho nitro benzene ring substituents is 1. The summed E-state index contributed by atoms with van der Waals surface area (Å²) in [6, 6.07) is 6.04. The summed E-state index contributed by atoms with van der Waals surface area (Å²) in [6.45, 7) is 1.68. The van der Waals surface area contributed by atoms with E-state index in [4.69, 9.17) is 4.74 Å². The lowest BCUT2D eigenvalue weighted by Crippen LogP contribution is -2.35. The van der Waals surface area contributed by atoms with Crippen LogP contribution in [0.4, 0.5) is 5.69 Å². The van der Waals surface area contributed by atoms with E-state index >= 15 is 0 Å². The molecule has 22 heavy (non-hydrogen) atoms. The second-order valence-electron chi connectivity index (χ2n) is 5.10. The van der Waals surface area contributed by atoms with Crippen LogP contribution in [0.15, 0.2) is 24.3 Å². The van der Waals surface area contributed by atoms with Gasteiger partial charge in [0.15, 0.2) is 0 Å². The Morgan fingerprint density at radius 2 is 2.18 bits per heavy atom. The van der Waals surface area contributed by atoms with E-state index in [1.807, 2.05) is 0 Å². The zero-order valence-electron chi connectivity index (χ0n) is 12.4. The Morgan fingerprint density at radius 1 is 1.45 bits per heavy atom. The van der Waals surface area contributed by atoms with Crippen molar-refractivity contribution in [1.29, 1.82) is 0 Å². The fraction of sp³-hybridized carbons (Fsp3) is 0.500. The first-order valence-electron chi connectivity index (χ1n) is 7.13. The van der Waals surface area contributed by atoms with Crippen LogP contribution in [-0.2, 0) is 9.53 Å². The van der Waals surface area contributed by atoms with E-state index in [-0.39, 0.29) is 23.6 Å². The van der Waals surface area contributed by atoms with Crippen molar-refractivity contribution in [2.45, 2.75) is 12.5 Å². The first-order chi connectivity index (χ1) is 10.6. The zero-order valence-corrected chi connectivity index (χ0v) is 12.4. The molecule has 0 spiro atoms. The van der Waals surface area contributed by atoms with Crippen molar-refractivity contribution >= 4 is 11.6 Å². The highest BCUT2D eigenvalue weighted by Crippen LogP contribution is 2.26. The zero-order chi connectivity index (χ0) is 15.9. The number of nitrogens with one attached hydrogen (secondary N) is 3. The highest BCUT2D eigenvalue weighted by atomic mass is 16.6. The van der Waals surface area contributed by atoms with Crippen LogP contribution < -0.4 is 16.2 Å². The van der Waals surface area contributed by atoms with Gasteiger partial charge in [0.25, 0.3) is 5.69 Å². The molecule has 1 aliphatic heterocycles. The van der Waals surface area contributed by atoms with Crippen LogP contribution in [0.5, 0.6) is 0 Å². The van der Waals surface area contributed by atoms with Gasteiger partial charge in [-0.05, 0) is 12.0 Å². The van der Waals surface area contributed by atoms with Crippen molar-refractivity contribution in [2.75, 3.05) is 26.8 Å². The number of hydrogen-bond acceptors (Lipinski definition) is 6. The molecule has 1 aromatic rings. The number of nitro groups is 1.